The average molecular weight is 233 g/mol. The number of para-hydroxylation sites is 1. The molecule has 3 heteroatoms. The van der Waals surface area contributed by atoms with Crippen molar-refractivity contribution in [3.8, 4) is 0 Å². The first-order valence-corrected chi connectivity index (χ1v) is 6.00. The van der Waals surface area contributed by atoms with Crippen LogP contribution in [-0.2, 0) is 6.42 Å². The molecule has 3 nitrogen and oxygen atoms in total. The van der Waals surface area contributed by atoms with Crippen LogP contribution in [0.25, 0.3) is 10.9 Å². The highest BCUT2D eigenvalue weighted by molar-refractivity contribution is 5.83. The van der Waals surface area contributed by atoms with E-state index >= 15 is 0 Å². The molecule has 1 heterocycles. The van der Waals surface area contributed by atoms with Crippen LogP contribution < -0.4 is 4.84 Å². The van der Waals surface area contributed by atoms with Gasteiger partial charge in [0.15, 0.2) is 0 Å². The van der Waals surface area contributed by atoms with Gasteiger partial charge in [-0.25, -0.2) is 0 Å². The van der Waals surface area contributed by atoms with E-state index in [9.17, 15) is 0 Å². The minimum absolute atomic E-state index is 0.253. The zero-order valence-electron chi connectivity index (χ0n) is 10.4. The second kappa shape index (κ2) is 5.23. The van der Waals surface area contributed by atoms with Crippen LogP contribution in [0.15, 0.2) is 30.5 Å². The van der Waals surface area contributed by atoms with Crippen molar-refractivity contribution in [1.82, 2.24) is 4.73 Å². The number of aliphatic hydroxyl groups is 1. The maximum Gasteiger partial charge on any atom is 0.104 e. The Bertz CT molecular complexity index is 490. The zero-order valence-corrected chi connectivity index (χ0v) is 10.4. The molecule has 1 aromatic heterocycles. The van der Waals surface area contributed by atoms with Crippen LogP contribution >= 0.6 is 0 Å². The predicted octanol–water partition coefficient (Wildman–Crippen LogP) is 2.26. The van der Waals surface area contributed by atoms with Gasteiger partial charge in [-0.3, -0.25) is 0 Å². The number of aromatic nitrogens is 1. The lowest BCUT2D eigenvalue weighted by molar-refractivity contribution is 0.178. The van der Waals surface area contributed by atoms with Gasteiger partial charge in [0.2, 0.25) is 0 Å². The van der Waals surface area contributed by atoms with Gasteiger partial charge in [-0.1, -0.05) is 25.1 Å². The molecule has 92 valence electrons. The smallest absolute Gasteiger partial charge is 0.104 e. The van der Waals surface area contributed by atoms with Gasteiger partial charge in [0.05, 0.1) is 5.52 Å². The minimum atomic E-state index is 0.253. The van der Waals surface area contributed by atoms with Crippen LogP contribution in [0, 0.1) is 5.92 Å². The Morgan fingerprint density at radius 2 is 2.12 bits per heavy atom. The fourth-order valence-corrected chi connectivity index (χ4v) is 2.06. The number of aliphatic hydroxyl groups excluding tert-OH is 1. The van der Waals surface area contributed by atoms with Crippen LogP contribution in [-0.4, -0.2) is 23.6 Å². The van der Waals surface area contributed by atoms with Crippen LogP contribution in [0.3, 0.4) is 0 Å². The normalized spacial score (nSPS) is 12.9. The summed E-state index contributed by atoms with van der Waals surface area (Å²) in [4.78, 5) is 5.31. The quantitative estimate of drug-likeness (QED) is 0.859. The molecule has 0 radical (unpaired) electrons. The SMILES string of the molecule is COn1cc(CCC(C)CO)c2ccccc21. The van der Waals surface area contributed by atoms with Gasteiger partial charge < -0.3 is 9.94 Å². The van der Waals surface area contributed by atoms with Crippen molar-refractivity contribution >= 4 is 10.9 Å². The van der Waals surface area contributed by atoms with E-state index < -0.39 is 0 Å². The highest BCUT2D eigenvalue weighted by Crippen LogP contribution is 2.22. The largest absolute Gasteiger partial charge is 0.417 e. The van der Waals surface area contributed by atoms with Gasteiger partial charge in [0.25, 0.3) is 0 Å². The van der Waals surface area contributed by atoms with Crippen molar-refractivity contribution in [2.45, 2.75) is 19.8 Å². The summed E-state index contributed by atoms with van der Waals surface area (Å²) in [5.41, 5.74) is 2.38. The maximum absolute atomic E-state index is 9.05. The van der Waals surface area contributed by atoms with Crippen LogP contribution in [0.5, 0.6) is 0 Å². The summed E-state index contributed by atoms with van der Waals surface area (Å²) in [6.07, 6.45) is 4.00. The van der Waals surface area contributed by atoms with Crippen molar-refractivity contribution in [1.29, 1.82) is 0 Å². The van der Waals surface area contributed by atoms with E-state index in [2.05, 4.69) is 19.1 Å². The van der Waals surface area contributed by atoms with Gasteiger partial charge in [-0.05, 0) is 30.4 Å². The number of aryl methyl sites for hydroxylation is 1. The molecule has 17 heavy (non-hydrogen) atoms. The number of hydrogen-bond donors (Lipinski definition) is 1. The van der Waals surface area contributed by atoms with Gasteiger partial charge in [0, 0.05) is 18.2 Å². The monoisotopic (exact) mass is 233 g/mol. The Morgan fingerprint density at radius 1 is 1.35 bits per heavy atom. The van der Waals surface area contributed by atoms with Crippen molar-refractivity contribution in [3.63, 3.8) is 0 Å². The molecule has 0 aliphatic heterocycles. The Balaban J connectivity index is 2.28. The molecule has 0 bridgehead atoms. The van der Waals surface area contributed by atoms with E-state index in [0.29, 0.717) is 5.92 Å². The lowest BCUT2D eigenvalue weighted by atomic mass is 10.0. The van der Waals surface area contributed by atoms with Crippen molar-refractivity contribution in [2.75, 3.05) is 13.7 Å². The van der Waals surface area contributed by atoms with E-state index in [1.54, 1.807) is 11.8 Å². The van der Waals surface area contributed by atoms with Crippen molar-refractivity contribution in [2.24, 2.45) is 5.92 Å². The molecule has 0 amide bonds. The molecule has 1 atom stereocenters. The molecule has 0 saturated carbocycles. The van der Waals surface area contributed by atoms with E-state index in [-0.39, 0.29) is 6.61 Å². The van der Waals surface area contributed by atoms with E-state index in [0.717, 1.165) is 18.4 Å². The van der Waals surface area contributed by atoms with Gasteiger partial charge in [-0.2, -0.15) is 4.73 Å². The minimum Gasteiger partial charge on any atom is -0.417 e. The standard InChI is InChI=1S/C14H19NO2/c1-11(10-16)7-8-12-9-15(17-2)14-6-4-3-5-13(12)14/h3-6,9,11,16H,7-8,10H2,1-2H3. The lowest BCUT2D eigenvalue weighted by Crippen LogP contribution is -2.03. The number of hydrogen-bond acceptors (Lipinski definition) is 2. The summed E-state index contributed by atoms with van der Waals surface area (Å²) in [7, 11) is 1.67. The molecule has 2 aromatic rings. The number of nitrogens with zero attached hydrogens (tertiary/aromatic N) is 1. The van der Waals surface area contributed by atoms with Gasteiger partial charge in [0.1, 0.15) is 7.11 Å². The Labute approximate surface area is 102 Å². The molecule has 0 aliphatic rings. The lowest BCUT2D eigenvalue weighted by Gasteiger charge is -2.05. The molecular formula is C14H19NO2. The second-order valence-corrected chi connectivity index (χ2v) is 4.51. The first-order valence-electron chi connectivity index (χ1n) is 6.00. The zero-order chi connectivity index (χ0) is 12.3. The van der Waals surface area contributed by atoms with Crippen LogP contribution in [0.2, 0.25) is 0 Å². The number of rotatable bonds is 5. The molecule has 0 spiro atoms. The van der Waals surface area contributed by atoms with E-state index in [4.69, 9.17) is 9.94 Å². The molecule has 0 saturated heterocycles. The van der Waals surface area contributed by atoms with Gasteiger partial charge >= 0.3 is 0 Å². The maximum atomic E-state index is 9.05. The topological polar surface area (TPSA) is 34.4 Å². The van der Waals surface area contributed by atoms with Crippen LogP contribution in [0.4, 0.5) is 0 Å². The first kappa shape index (κ1) is 12.0. The molecule has 2 rings (SSSR count). The Hall–Kier alpha value is -1.48. The summed E-state index contributed by atoms with van der Waals surface area (Å²) >= 11 is 0. The highest BCUT2D eigenvalue weighted by atomic mass is 16.6. The second-order valence-electron chi connectivity index (χ2n) is 4.51. The van der Waals surface area contributed by atoms with E-state index in [1.165, 1.54) is 10.9 Å². The Morgan fingerprint density at radius 3 is 2.82 bits per heavy atom. The summed E-state index contributed by atoms with van der Waals surface area (Å²) in [6.45, 7) is 2.32. The third kappa shape index (κ3) is 2.44. The Kier molecular flexibility index (Phi) is 3.69. The van der Waals surface area contributed by atoms with Gasteiger partial charge in [-0.15, -0.1) is 0 Å². The third-order valence-electron chi connectivity index (χ3n) is 3.18. The fourth-order valence-electron chi connectivity index (χ4n) is 2.06. The summed E-state index contributed by atoms with van der Waals surface area (Å²) in [5, 5.41) is 10.3. The molecule has 1 N–H and O–H groups in total. The molecule has 0 fully saturated rings. The van der Waals surface area contributed by atoms with E-state index in [1.807, 2.05) is 18.3 Å². The first-order chi connectivity index (χ1) is 8.26. The highest BCUT2D eigenvalue weighted by Gasteiger charge is 2.09. The molecule has 0 aliphatic carbocycles. The van der Waals surface area contributed by atoms with Crippen LogP contribution in [0.1, 0.15) is 18.9 Å². The number of fused-ring (bicyclic) bond motifs is 1. The summed E-state index contributed by atoms with van der Waals surface area (Å²) in [5.74, 6) is 0.347. The summed E-state index contributed by atoms with van der Waals surface area (Å²) < 4.78 is 1.80. The van der Waals surface area contributed by atoms with Crippen molar-refractivity contribution < 1.29 is 9.94 Å². The molecule has 1 aromatic carbocycles. The molecule has 1 unspecified atom stereocenters. The van der Waals surface area contributed by atoms with Crippen molar-refractivity contribution in [3.05, 3.63) is 36.0 Å². The molecular weight excluding hydrogens is 214 g/mol. The third-order valence-corrected chi connectivity index (χ3v) is 3.18. The average Bonchev–Trinajstić information content (AvgIpc) is 2.74. The fraction of sp³-hybridized carbons (Fsp3) is 0.429. The predicted molar refractivity (Wildman–Crippen MR) is 69.0 cm³/mol. The number of benzene rings is 1. The summed E-state index contributed by atoms with van der Waals surface area (Å²) in [6, 6.07) is 8.22.